The van der Waals surface area contributed by atoms with Crippen LogP contribution in [0.15, 0.2) is 0 Å². The fourth-order valence-corrected chi connectivity index (χ4v) is 1.76. The first-order valence-corrected chi connectivity index (χ1v) is 6.91. The Bertz CT molecular complexity index is 482. The number of aliphatic hydroxyl groups is 1. The van der Waals surface area contributed by atoms with E-state index in [-0.39, 0.29) is 0 Å². The van der Waals surface area contributed by atoms with Crippen LogP contribution in [0.4, 0.5) is 8.78 Å². The zero-order valence-corrected chi connectivity index (χ0v) is 14.0. The molecule has 0 saturated carbocycles. The third kappa shape index (κ3) is 6.99. The Kier molecular flexibility index (Phi) is 8.24. The molecule has 0 bridgehead atoms. The van der Waals surface area contributed by atoms with E-state index in [1.807, 2.05) is 0 Å². The standard InChI is InChI=1S/C12H15BrF2O8/c1-5(16)21-4-8(19)12(14,15)10(23-7(3)18)9(11(13)20)22-6(2)17/h8-10,19H,4H2,1-3H3/t8-,9-,10-/m1/s1. The lowest BCUT2D eigenvalue weighted by Crippen LogP contribution is -2.56. The molecule has 0 aromatic heterocycles. The predicted octanol–water partition coefficient (Wildman–Crippen LogP) is 0.331. The zero-order valence-electron chi connectivity index (χ0n) is 12.4. The average Bonchev–Trinajstić information content (AvgIpc) is 2.38. The van der Waals surface area contributed by atoms with Crippen molar-refractivity contribution >= 4 is 38.5 Å². The first-order chi connectivity index (χ1) is 10.4. The third-order valence-electron chi connectivity index (χ3n) is 2.35. The van der Waals surface area contributed by atoms with Crippen LogP contribution in [-0.2, 0) is 33.4 Å². The summed E-state index contributed by atoms with van der Waals surface area (Å²) in [5.41, 5.74) is 0. The van der Waals surface area contributed by atoms with Crippen LogP contribution in [0.25, 0.3) is 0 Å². The predicted molar refractivity (Wildman–Crippen MR) is 72.6 cm³/mol. The summed E-state index contributed by atoms with van der Waals surface area (Å²) in [6.07, 6.45) is -7.44. The molecule has 1 N–H and O–H groups in total. The van der Waals surface area contributed by atoms with Crippen LogP contribution in [0, 0.1) is 0 Å². The number of hydrogen-bond acceptors (Lipinski definition) is 8. The minimum Gasteiger partial charge on any atom is -0.463 e. The van der Waals surface area contributed by atoms with E-state index in [4.69, 9.17) is 0 Å². The van der Waals surface area contributed by atoms with Crippen molar-refractivity contribution in [3.8, 4) is 0 Å². The van der Waals surface area contributed by atoms with Gasteiger partial charge in [0.25, 0.3) is 0 Å². The maximum Gasteiger partial charge on any atom is 0.316 e. The Morgan fingerprint density at radius 3 is 1.87 bits per heavy atom. The van der Waals surface area contributed by atoms with Crippen molar-refractivity contribution in [3.05, 3.63) is 0 Å². The highest BCUT2D eigenvalue weighted by Crippen LogP contribution is 2.31. The highest BCUT2D eigenvalue weighted by Gasteiger charge is 2.55. The highest BCUT2D eigenvalue weighted by molar-refractivity contribution is 9.18. The quantitative estimate of drug-likeness (QED) is 0.349. The van der Waals surface area contributed by atoms with Crippen molar-refractivity contribution in [2.45, 2.75) is 45.0 Å². The fourth-order valence-electron chi connectivity index (χ4n) is 1.42. The molecule has 0 aliphatic heterocycles. The summed E-state index contributed by atoms with van der Waals surface area (Å²) in [5, 5.41) is 9.49. The minimum absolute atomic E-state index is 0.783. The van der Waals surface area contributed by atoms with Gasteiger partial charge in [0.2, 0.25) is 16.9 Å². The monoisotopic (exact) mass is 404 g/mol. The van der Waals surface area contributed by atoms with Crippen molar-refractivity contribution in [1.29, 1.82) is 0 Å². The van der Waals surface area contributed by atoms with Crippen molar-refractivity contribution in [2.24, 2.45) is 0 Å². The Morgan fingerprint density at radius 2 is 1.52 bits per heavy atom. The smallest absolute Gasteiger partial charge is 0.316 e. The molecule has 0 spiro atoms. The summed E-state index contributed by atoms with van der Waals surface area (Å²) in [5.74, 6) is -7.49. The number of aliphatic hydroxyl groups excluding tert-OH is 1. The molecule has 0 aromatic carbocycles. The summed E-state index contributed by atoms with van der Waals surface area (Å²) in [6, 6.07) is 0. The molecule has 0 heterocycles. The number of alkyl halides is 2. The Labute approximate surface area is 138 Å². The lowest BCUT2D eigenvalue weighted by atomic mass is 10.0. The molecule has 11 heteroatoms. The van der Waals surface area contributed by atoms with Crippen LogP contribution in [0.3, 0.4) is 0 Å². The normalized spacial score (nSPS) is 15.1. The van der Waals surface area contributed by atoms with E-state index in [1.165, 1.54) is 0 Å². The van der Waals surface area contributed by atoms with Crippen LogP contribution < -0.4 is 0 Å². The molecular weight excluding hydrogens is 390 g/mol. The summed E-state index contributed by atoms with van der Waals surface area (Å²) in [7, 11) is 0. The van der Waals surface area contributed by atoms with Gasteiger partial charge >= 0.3 is 23.8 Å². The van der Waals surface area contributed by atoms with Gasteiger partial charge in [0.15, 0.2) is 6.10 Å². The van der Waals surface area contributed by atoms with E-state index in [2.05, 4.69) is 30.1 Å². The molecule has 0 fully saturated rings. The van der Waals surface area contributed by atoms with Crippen molar-refractivity contribution in [1.82, 2.24) is 0 Å². The highest BCUT2D eigenvalue weighted by atomic mass is 79.9. The SMILES string of the molecule is CC(=O)OC[C@@H](O)C(F)(F)[C@H](OC(C)=O)[C@@H](OC(C)=O)C(=O)Br. The molecule has 0 radical (unpaired) electrons. The largest absolute Gasteiger partial charge is 0.463 e. The fraction of sp³-hybridized carbons (Fsp3) is 0.667. The summed E-state index contributed by atoms with van der Waals surface area (Å²) < 4.78 is 40.4. The molecule has 0 aliphatic carbocycles. The topological polar surface area (TPSA) is 116 Å². The number of halogens is 3. The van der Waals surface area contributed by atoms with Gasteiger partial charge < -0.3 is 19.3 Å². The van der Waals surface area contributed by atoms with Gasteiger partial charge in [-0.1, -0.05) is 0 Å². The maximum absolute atomic E-state index is 14.3. The van der Waals surface area contributed by atoms with E-state index in [0.29, 0.717) is 0 Å². The first kappa shape index (κ1) is 21.4. The molecular formula is C12H15BrF2O8. The van der Waals surface area contributed by atoms with Crippen LogP contribution in [0.5, 0.6) is 0 Å². The lowest BCUT2D eigenvalue weighted by molar-refractivity contribution is -0.229. The molecule has 0 unspecified atom stereocenters. The molecule has 0 aliphatic rings. The number of carbonyl (C=O) groups is 4. The second-order valence-corrected chi connectivity index (χ2v) is 5.14. The average molecular weight is 405 g/mol. The third-order valence-corrected chi connectivity index (χ3v) is 2.80. The lowest BCUT2D eigenvalue weighted by Gasteiger charge is -2.32. The van der Waals surface area contributed by atoms with Gasteiger partial charge in [0.1, 0.15) is 6.61 Å². The number of hydrogen-bond donors (Lipinski definition) is 1. The minimum atomic E-state index is -4.26. The Balaban J connectivity index is 5.54. The molecule has 23 heavy (non-hydrogen) atoms. The van der Waals surface area contributed by atoms with E-state index < -0.39 is 53.4 Å². The van der Waals surface area contributed by atoms with Gasteiger partial charge in [0.05, 0.1) is 0 Å². The van der Waals surface area contributed by atoms with Crippen LogP contribution in [-0.4, -0.2) is 58.5 Å². The van der Waals surface area contributed by atoms with Crippen molar-refractivity contribution in [2.75, 3.05) is 6.61 Å². The van der Waals surface area contributed by atoms with Crippen LogP contribution >= 0.6 is 15.9 Å². The Morgan fingerprint density at radius 1 is 1.04 bits per heavy atom. The van der Waals surface area contributed by atoms with E-state index in [0.717, 1.165) is 20.8 Å². The van der Waals surface area contributed by atoms with Gasteiger partial charge in [-0.05, 0) is 15.9 Å². The molecule has 8 nitrogen and oxygen atoms in total. The summed E-state index contributed by atoms with van der Waals surface area (Å²) >= 11 is 2.36. The maximum atomic E-state index is 14.3. The second-order valence-electron chi connectivity index (χ2n) is 4.36. The molecule has 3 atom stereocenters. The number of carbonyl (C=O) groups excluding carboxylic acids is 4. The number of ether oxygens (including phenoxy) is 3. The number of rotatable bonds is 8. The van der Waals surface area contributed by atoms with E-state index >= 15 is 0 Å². The molecule has 0 saturated heterocycles. The van der Waals surface area contributed by atoms with Gasteiger partial charge in [-0.25, -0.2) is 0 Å². The van der Waals surface area contributed by atoms with Gasteiger partial charge in [0, 0.05) is 20.8 Å². The molecule has 0 aromatic rings. The second kappa shape index (κ2) is 8.87. The van der Waals surface area contributed by atoms with Crippen molar-refractivity contribution < 1.29 is 47.3 Å². The van der Waals surface area contributed by atoms with Crippen LogP contribution in [0.1, 0.15) is 20.8 Å². The summed E-state index contributed by atoms with van der Waals surface area (Å²) in [4.78, 5) is 44.0. The van der Waals surface area contributed by atoms with Crippen LogP contribution in [0.2, 0.25) is 0 Å². The van der Waals surface area contributed by atoms with Gasteiger partial charge in [-0.15, -0.1) is 0 Å². The van der Waals surface area contributed by atoms with E-state index in [1.54, 1.807) is 0 Å². The molecule has 0 rings (SSSR count). The van der Waals surface area contributed by atoms with E-state index in [9.17, 15) is 33.1 Å². The van der Waals surface area contributed by atoms with Gasteiger partial charge in [-0.3, -0.25) is 19.2 Å². The first-order valence-electron chi connectivity index (χ1n) is 6.12. The Hall–Kier alpha value is -1.62. The molecule has 132 valence electrons. The summed E-state index contributed by atoms with van der Waals surface area (Å²) in [6.45, 7) is 1.44. The van der Waals surface area contributed by atoms with Crippen molar-refractivity contribution in [3.63, 3.8) is 0 Å². The van der Waals surface area contributed by atoms with Gasteiger partial charge in [-0.2, -0.15) is 8.78 Å². The zero-order chi connectivity index (χ0) is 18.4. The molecule has 0 amide bonds. The number of esters is 3.